The van der Waals surface area contributed by atoms with E-state index in [1.807, 2.05) is 6.92 Å². The molecule has 1 fully saturated rings. The second-order valence-electron chi connectivity index (χ2n) is 5.30. The van der Waals surface area contributed by atoms with Gasteiger partial charge in [-0.2, -0.15) is 5.10 Å². The molecular formula is C15H19ClN2O5S. The van der Waals surface area contributed by atoms with Gasteiger partial charge in [0.1, 0.15) is 0 Å². The molecule has 1 aliphatic rings. The lowest BCUT2D eigenvalue weighted by Gasteiger charge is -2.11. The van der Waals surface area contributed by atoms with Gasteiger partial charge in [0, 0.05) is 0 Å². The molecule has 0 bridgehead atoms. The Morgan fingerprint density at radius 3 is 2.83 bits per heavy atom. The van der Waals surface area contributed by atoms with Gasteiger partial charge in [0.15, 0.2) is 21.3 Å². The average Bonchev–Trinajstić information content (AvgIpc) is 2.89. The molecule has 0 spiro atoms. The number of hydrogen-bond donors (Lipinski definition) is 1. The Bertz CT molecular complexity index is 748. The molecule has 1 aromatic rings. The Morgan fingerprint density at radius 1 is 1.50 bits per heavy atom. The van der Waals surface area contributed by atoms with Crippen molar-refractivity contribution in [3.63, 3.8) is 0 Å². The van der Waals surface area contributed by atoms with Crippen LogP contribution >= 0.6 is 11.6 Å². The summed E-state index contributed by atoms with van der Waals surface area (Å²) in [7, 11) is -1.61. The minimum Gasteiger partial charge on any atom is -0.493 e. The van der Waals surface area contributed by atoms with Gasteiger partial charge in [0.2, 0.25) is 5.91 Å². The van der Waals surface area contributed by atoms with Gasteiger partial charge in [-0.25, -0.2) is 13.8 Å². The number of hydrogen-bond acceptors (Lipinski definition) is 6. The van der Waals surface area contributed by atoms with E-state index in [1.165, 1.54) is 13.3 Å². The molecule has 24 heavy (non-hydrogen) atoms. The molecule has 1 saturated heterocycles. The molecule has 1 atom stereocenters. The standard InChI is InChI=1S/C15H19ClN2O5S/c1-3-23-14-12(16)6-10(7-13(14)22-2)8-17-18-15(19)11-4-5-24(20,21)9-11/h6-8,11H,3-5,9H2,1-2H3,(H,18,19)/b17-8-/t11-/m0/s1. The van der Waals surface area contributed by atoms with Gasteiger partial charge >= 0.3 is 0 Å². The summed E-state index contributed by atoms with van der Waals surface area (Å²) in [6.45, 7) is 2.29. The summed E-state index contributed by atoms with van der Waals surface area (Å²) in [5.74, 6) is -0.141. The highest BCUT2D eigenvalue weighted by molar-refractivity contribution is 7.91. The summed E-state index contributed by atoms with van der Waals surface area (Å²) >= 11 is 6.15. The molecule has 0 unspecified atom stereocenters. The van der Waals surface area contributed by atoms with Crippen molar-refractivity contribution in [3.05, 3.63) is 22.7 Å². The van der Waals surface area contributed by atoms with Crippen LogP contribution in [0.15, 0.2) is 17.2 Å². The molecule has 1 heterocycles. The number of hydrazone groups is 1. The number of ether oxygens (including phenoxy) is 2. The van der Waals surface area contributed by atoms with Crippen LogP contribution in [0.5, 0.6) is 11.5 Å². The van der Waals surface area contributed by atoms with E-state index in [9.17, 15) is 13.2 Å². The van der Waals surface area contributed by atoms with Crippen LogP contribution < -0.4 is 14.9 Å². The number of halogens is 1. The van der Waals surface area contributed by atoms with Crippen molar-refractivity contribution in [3.8, 4) is 11.5 Å². The third-order valence-corrected chi connectivity index (χ3v) is 5.58. The fourth-order valence-electron chi connectivity index (χ4n) is 2.36. The van der Waals surface area contributed by atoms with Crippen molar-refractivity contribution < 1.29 is 22.7 Å². The van der Waals surface area contributed by atoms with Crippen LogP contribution in [-0.4, -0.2) is 45.8 Å². The first-order valence-corrected chi connectivity index (χ1v) is 9.60. The van der Waals surface area contributed by atoms with Crippen molar-refractivity contribution in [1.82, 2.24) is 5.43 Å². The van der Waals surface area contributed by atoms with Gasteiger partial charge in [0.05, 0.1) is 42.4 Å². The Hall–Kier alpha value is -1.80. The molecule has 1 aliphatic heterocycles. The van der Waals surface area contributed by atoms with Gasteiger partial charge in [-0.3, -0.25) is 4.79 Å². The number of amides is 1. The predicted octanol–water partition coefficient (Wildman–Crippen LogP) is 1.63. The van der Waals surface area contributed by atoms with Crippen LogP contribution in [0.1, 0.15) is 18.9 Å². The third kappa shape index (κ3) is 4.61. The highest BCUT2D eigenvalue weighted by Crippen LogP contribution is 2.35. The van der Waals surface area contributed by atoms with E-state index in [4.69, 9.17) is 21.1 Å². The maximum absolute atomic E-state index is 11.9. The maximum Gasteiger partial charge on any atom is 0.244 e. The number of sulfone groups is 1. The number of benzene rings is 1. The van der Waals surface area contributed by atoms with E-state index < -0.39 is 21.7 Å². The normalized spacial score (nSPS) is 19.4. The lowest BCUT2D eigenvalue weighted by Crippen LogP contribution is -2.27. The van der Waals surface area contributed by atoms with Crippen molar-refractivity contribution in [2.24, 2.45) is 11.0 Å². The van der Waals surface area contributed by atoms with E-state index in [2.05, 4.69) is 10.5 Å². The third-order valence-electron chi connectivity index (χ3n) is 3.53. The Morgan fingerprint density at radius 2 is 2.25 bits per heavy atom. The van der Waals surface area contributed by atoms with Crippen molar-refractivity contribution in [1.29, 1.82) is 0 Å². The number of rotatable bonds is 6. The van der Waals surface area contributed by atoms with Gasteiger partial charge in [0.25, 0.3) is 0 Å². The first-order valence-electron chi connectivity index (χ1n) is 7.40. The second kappa shape index (κ2) is 7.85. The molecule has 0 radical (unpaired) electrons. The first kappa shape index (κ1) is 18.5. The number of nitrogens with zero attached hydrogens (tertiary/aromatic N) is 1. The molecule has 132 valence electrons. The quantitative estimate of drug-likeness (QED) is 0.603. The smallest absolute Gasteiger partial charge is 0.244 e. The second-order valence-corrected chi connectivity index (χ2v) is 7.94. The first-order chi connectivity index (χ1) is 11.4. The highest BCUT2D eigenvalue weighted by atomic mass is 35.5. The Balaban J connectivity index is 2.04. The topological polar surface area (TPSA) is 94.1 Å². The lowest BCUT2D eigenvalue weighted by atomic mass is 10.1. The fourth-order valence-corrected chi connectivity index (χ4v) is 4.38. The molecular weight excluding hydrogens is 356 g/mol. The largest absolute Gasteiger partial charge is 0.493 e. The zero-order valence-electron chi connectivity index (χ0n) is 13.4. The number of methoxy groups -OCH3 is 1. The molecule has 0 saturated carbocycles. The molecule has 7 nitrogen and oxygen atoms in total. The maximum atomic E-state index is 11.9. The molecule has 0 aliphatic carbocycles. The fraction of sp³-hybridized carbons (Fsp3) is 0.467. The molecule has 1 aromatic carbocycles. The van der Waals surface area contributed by atoms with Crippen molar-refractivity contribution in [2.45, 2.75) is 13.3 Å². The number of carbonyl (C=O) groups is 1. The molecule has 9 heteroatoms. The van der Waals surface area contributed by atoms with Crippen LogP contribution in [0.2, 0.25) is 5.02 Å². The van der Waals surface area contributed by atoms with Crippen LogP contribution in [0.4, 0.5) is 0 Å². The number of carbonyl (C=O) groups excluding carboxylic acids is 1. The average molecular weight is 375 g/mol. The molecule has 1 amide bonds. The van der Waals surface area contributed by atoms with E-state index in [-0.39, 0.29) is 11.5 Å². The summed E-state index contributed by atoms with van der Waals surface area (Å²) in [6.07, 6.45) is 1.73. The monoisotopic (exact) mass is 374 g/mol. The minimum absolute atomic E-state index is 0.0422. The van der Waals surface area contributed by atoms with E-state index in [0.717, 1.165) is 0 Å². The van der Waals surface area contributed by atoms with Crippen LogP contribution in [0, 0.1) is 5.92 Å². The van der Waals surface area contributed by atoms with Gasteiger partial charge < -0.3 is 9.47 Å². The molecule has 0 aromatic heterocycles. The van der Waals surface area contributed by atoms with Crippen LogP contribution in [0.3, 0.4) is 0 Å². The SMILES string of the molecule is CCOc1c(Cl)cc(/C=N\NC(=O)[C@H]2CCS(=O)(=O)C2)cc1OC. The van der Waals surface area contributed by atoms with Crippen molar-refractivity contribution >= 4 is 33.6 Å². The summed E-state index contributed by atoms with van der Waals surface area (Å²) in [6, 6.07) is 3.30. The van der Waals surface area contributed by atoms with Crippen LogP contribution in [0.25, 0.3) is 0 Å². The van der Waals surface area contributed by atoms with Gasteiger partial charge in [-0.1, -0.05) is 11.6 Å². The van der Waals surface area contributed by atoms with Crippen molar-refractivity contribution in [2.75, 3.05) is 25.2 Å². The lowest BCUT2D eigenvalue weighted by molar-refractivity contribution is -0.124. The van der Waals surface area contributed by atoms with E-state index >= 15 is 0 Å². The van der Waals surface area contributed by atoms with E-state index in [1.54, 1.807) is 12.1 Å². The molecule has 1 N–H and O–H groups in total. The number of nitrogens with one attached hydrogen (secondary N) is 1. The summed E-state index contributed by atoms with van der Waals surface area (Å²) < 4.78 is 33.4. The molecule has 2 rings (SSSR count). The zero-order chi connectivity index (χ0) is 17.7. The van der Waals surface area contributed by atoms with Crippen LogP contribution in [-0.2, 0) is 14.6 Å². The van der Waals surface area contributed by atoms with Gasteiger partial charge in [-0.15, -0.1) is 0 Å². The summed E-state index contributed by atoms with van der Waals surface area (Å²) in [4.78, 5) is 11.9. The van der Waals surface area contributed by atoms with E-state index in [0.29, 0.717) is 35.1 Å². The Labute approximate surface area is 145 Å². The Kier molecular flexibility index (Phi) is 6.06. The van der Waals surface area contributed by atoms with Gasteiger partial charge in [-0.05, 0) is 31.0 Å². The minimum atomic E-state index is -3.10. The summed E-state index contributed by atoms with van der Waals surface area (Å²) in [5, 5.41) is 4.22. The zero-order valence-corrected chi connectivity index (χ0v) is 15.0. The highest BCUT2D eigenvalue weighted by Gasteiger charge is 2.32. The summed E-state index contributed by atoms with van der Waals surface area (Å²) in [5.41, 5.74) is 2.97. The predicted molar refractivity (Wildman–Crippen MR) is 91.7 cm³/mol.